The number of nitrogens with zero attached hydrogens (tertiary/aromatic N) is 1. The molecule has 0 aliphatic carbocycles. The Hall–Kier alpha value is -1.29. The van der Waals surface area contributed by atoms with E-state index in [1.807, 2.05) is 0 Å². The van der Waals surface area contributed by atoms with Crippen molar-refractivity contribution in [2.24, 2.45) is 0 Å². The molecule has 1 aliphatic rings. The molecule has 1 fully saturated rings. The fourth-order valence-corrected chi connectivity index (χ4v) is 3.05. The van der Waals surface area contributed by atoms with E-state index in [1.54, 1.807) is 7.11 Å². The largest absolute Gasteiger partial charge is 0.496 e. The Balaban J connectivity index is 0.00000161. The lowest BCUT2D eigenvalue weighted by Gasteiger charge is -2.32. The monoisotopic (exact) mass is 306 g/mol. The molecule has 1 saturated heterocycles. The zero-order valence-electron chi connectivity index (χ0n) is 12.6. The molecule has 0 radical (unpaired) electrons. The molecule has 0 spiro atoms. The standard InChI is InChI=1S/C17H22N2O.ClH/c1-13-11-19(10-9-18-13)12-16-15-6-4-3-5-14(15)7-8-17(16)20-2;/h3-8,13,18H,9-12H2,1-2H3;1H. The summed E-state index contributed by atoms with van der Waals surface area (Å²) in [6, 6.07) is 13.3. The van der Waals surface area contributed by atoms with Crippen LogP contribution in [0.5, 0.6) is 5.75 Å². The maximum atomic E-state index is 5.58. The summed E-state index contributed by atoms with van der Waals surface area (Å²) in [5.41, 5.74) is 1.31. The van der Waals surface area contributed by atoms with Crippen LogP contribution in [0.3, 0.4) is 0 Å². The molecule has 0 amide bonds. The van der Waals surface area contributed by atoms with Crippen LogP contribution in [-0.4, -0.2) is 37.7 Å². The number of nitrogens with one attached hydrogen (secondary N) is 1. The third kappa shape index (κ3) is 3.49. The molecule has 2 aromatic rings. The summed E-state index contributed by atoms with van der Waals surface area (Å²) >= 11 is 0. The van der Waals surface area contributed by atoms with Gasteiger partial charge in [-0.1, -0.05) is 30.3 Å². The molecule has 114 valence electrons. The molecular formula is C17H23ClN2O. The van der Waals surface area contributed by atoms with Gasteiger partial charge in [-0.3, -0.25) is 4.90 Å². The van der Waals surface area contributed by atoms with Gasteiger partial charge in [0, 0.05) is 37.8 Å². The maximum Gasteiger partial charge on any atom is 0.123 e. The predicted molar refractivity (Wildman–Crippen MR) is 90.5 cm³/mol. The smallest absolute Gasteiger partial charge is 0.123 e. The minimum atomic E-state index is 0. The van der Waals surface area contributed by atoms with E-state index >= 15 is 0 Å². The number of fused-ring (bicyclic) bond motifs is 1. The average Bonchev–Trinajstić information content (AvgIpc) is 2.48. The van der Waals surface area contributed by atoms with Gasteiger partial charge in [0.05, 0.1) is 7.11 Å². The van der Waals surface area contributed by atoms with Gasteiger partial charge in [0.25, 0.3) is 0 Å². The Bertz CT molecular complexity index is 602. The minimum Gasteiger partial charge on any atom is -0.496 e. The highest BCUT2D eigenvalue weighted by atomic mass is 35.5. The van der Waals surface area contributed by atoms with Crippen molar-refractivity contribution in [1.82, 2.24) is 10.2 Å². The van der Waals surface area contributed by atoms with Crippen molar-refractivity contribution in [3.8, 4) is 5.75 Å². The highest BCUT2D eigenvalue weighted by molar-refractivity contribution is 5.87. The lowest BCUT2D eigenvalue weighted by molar-refractivity contribution is 0.198. The molecule has 3 rings (SSSR count). The van der Waals surface area contributed by atoms with Gasteiger partial charge in [-0.25, -0.2) is 0 Å². The zero-order valence-corrected chi connectivity index (χ0v) is 13.5. The SMILES string of the molecule is COc1ccc2ccccc2c1CN1CCNC(C)C1.Cl. The predicted octanol–water partition coefficient (Wildman–Crippen LogP) is 3.06. The van der Waals surface area contributed by atoms with E-state index in [4.69, 9.17) is 4.74 Å². The van der Waals surface area contributed by atoms with Crippen LogP contribution in [0.15, 0.2) is 36.4 Å². The molecular weight excluding hydrogens is 284 g/mol. The lowest BCUT2D eigenvalue weighted by Crippen LogP contribution is -2.48. The molecule has 4 heteroatoms. The van der Waals surface area contributed by atoms with E-state index in [-0.39, 0.29) is 12.4 Å². The Morgan fingerprint density at radius 2 is 2.05 bits per heavy atom. The topological polar surface area (TPSA) is 24.5 Å². The number of ether oxygens (including phenoxy) is 1. The second kappa shape index (κ2) is 7.12. The molecule has 1 unspecified atom stereocenters. The van der Waals surface area contributed by atoms with Crippen LogP contribution in [0.2, 0.25) is 0 Å². The number of hydrogen-bond donors (Lipinski definition) is 1. The van der Waals surface area contributed by atoms with Crippen LogP contribution in [0.1, 0.15) is 12.5 Å². The molecule has 1 atom stereocenters. The first-order valence-corrected chi connectivity index (χ1v) is 7.28. The Morgan fingerprint density at radius 3 is 2.81 bits per heavy atom. The number of hydrogen-bond acceptors (Lipinski definition) is 3. The number of piperazine rings is 1. The highest BCUT2D eigenvalue weighted by Gasteiger charge is 2.18. The summed E-state index contributed by atoms with van der Waals surface area (Å²) in [5.74, 6) is 0.995. The minimum absolute atomic E-state index is 0. The van der Waals surface area contributed by atoms with Crippen LogP contribution in [0.4, 0.5) is 0 Å². The maximum absolute atomic E-state index is 5.58. The quantitative estimate of drug-likeness (QED) is 0.943. The molecule has 3 nitrogen and oxygen atoms in total. The molecule has 1 aliphatic heterocycles. The van der Waals surface area contributed by atoms with Gasteiger partial charge in [-0.05, 0) is 23.8 Å². The number of benzene rings is 2. The van der Waals surface area contributed by atoms with Crippen molar-refractivity contribution in [3.05, 3.63) is 42.0 Å². The van der Waals surface area contributed by atoms with Gasteiger partial charge < -0.3 is 10.1 Å². The van der Waals surface area contributed by atoms with E-state index in [0.717, 1.165) is 31.9 Å². The molecule has 2 aromatic carbocycles. The van der Waals surface area contributed by atoms with Gasteiger partial charge in [0.2, 0.25) is 0 Å². The van der Waals surface area contributed by atoms with Crippen molar-refractivity contribution in [2.75, 3.05) is 26.7 Å². The summed E-state index contributed by atoms with van der Waals surface area (Å²) in [4.78, 5) is 2.51. The summed E-state index contributed by atoms with van der Waals surface area (Å²) in [6.45, 7) is 6.44. The average molecular weight is 307 g/mol. The second-order valence-electron chi connectivity index (χ2n) is 5.56. The summed E-state index contributed by atoms with van der Waals surface area (Å²) < 4.78 is 5.58. The number of methoxy groups -OCH3 is 1. The van der Waals surface area contributed by atoms with E-state index in [1.165, 1.54) is 16.3 Å². The van der Waals surface area contributed by atoms with Crippen LogP contribution < -0.4 is 10.1 Å². The number of halogens is 1. The van der Waals surface area contributed by atoms with E-state index < -0.39 is 0 Å². The molecule has 1 heterocycles. The van der Waals surface area contributed by atoms with E-state index in [9.17, 15) is 0 Å². The van der Waals surface area contributed by atoms with Gasteiger partial charge in [-0.2, -0.15) is 0 Å². The van der Waals surface area contributed by atoms with Gasteiger partial charge in [0.1, 0.15) is 5.75 Å². The van der Waals surface area contributed by atoms with Crippen LogP contribution >= 0.6 is 12.4 Å². The first-order chi connectivity index (χ1) is 9.78. The molecule has 0 bridgehead atoms. The molecule has 21 heavy (non-hydrogen) atoms. The van der Waals surface area contributed by atoms with E-state index in [2.05, 4.69) is 53.5 Å². The van der Waals surface area contributed by atoms with Gasteiger partial charge >= 0.3 is 0 Å². The lowest BCUT2D eigenvalue weighted by atomic mass is 10.0. The van der Waals surface area contributed by atoms with Crippen LogP contribution in [0.25, 0.3) is 10.8 Å². The Labute approximate surface area is 132 Å². The Morgan fingerprint density at radius 1 is 1.24 bits per heavy atom. The first-order valence-electron chi connectivity index (χ1n) is 7.28. The molecule has 0 saturated carbocycles. The Kier molecular flexibility index (Phi) is 5.45. The van der Waals surface area contributed by atoms with Crippen molar-refractivity contribution in [1.29, 1.82) is 0 Å². The fourth-order valence-electron chi connectivity index (χ4n) is 3.05. The molecule has 1 N–H and O–H groups in total. The fraction of sp³-hybridized carbons (Fsp3) is 0.412. The summed E-state index contributed by atoms with van der Waals surface area (Å²) in [7, 11) is 1.76. The zero-order chi connectivity index (χ0) is 13.9. The van der Waals surface area contributed by atoms with E-state index in [0.29, 0.717) is 6.04 Å². The second-order valence-corrected chi connectivity index (χ2v) is 5.56. The van der Waals surface area contributed by atoms with Crippen LogP contribution in [0, 0.1) is 0 Å². The van der Waals surface area contributed by atoms with Gasteiger partial charge in [-0.15, -0.1) is 12.4 Å². The third-order valence-electron chi connectivity index (χ3n) is 4.05. The first kappa shape index (κ1) is 16.1. The summed E-state index contributed by atoms with van der Waals surface area (Å²) in [6.07, 6.45) is 0. The third-order valence-corrected chi connectivity index (χ3v) is 4.05. The number of rotatable bonds is 3. The van der Waals surface area contributed by atoms with Crippen molar-refractivity contribution < 1.29 is 4.74 Å². The summed E-state index contributed by atoms with van der Waals surface area (Å²) in [5, 5.41) is 6.08. The van der Waals surface area contributed by atoms with Crippen molar-refractivity contribution in [3.63, 3.8) is 0 Å². The highest BCUT2D eigenvalue weighted by Crippen LogP contribution is 2.29. The van der Waals surface area contributed by atoms with Crippen LogP contribution in [-0.2, 0) is 6.54 Å². The van der Waals surface area contributed by atoms with Gasteiger partial charge in [0.15, 0.2) is 0 Å². The molecule has 0 aromatic heterocycles. The van der Waals surface area contributed by atoms with Crippen molar-refractivity contribution in [2.45, 2.75) is 19.5 Å². The van der Waals surface area contributed by atoms with Crippen molar-refractivity contribution >= 4 is 23.2 Å². The normalized spacial score (nSPS) is 19.2.